The van der Waals surface area contributed by atoms with Gasteiger partial charge in [-0.1, -0.05) is 20.8 Å². The average molecular weight is 450 g/mol. The highest BCUT2D eigenvalue weighted by Crippen LogP contribution is 2.84. The van der Waals surface area contributed by atoms with Gasteiger partial charge in [0.15, 0.2) is 5.60 Å². The highest BCUT2D eigenvalue weighted by atomic mass is 16.8. The molecule has 32 heavy (non-hydrogen) atoms. The van der Waals surface area contributed by atoms with Crippen LogP contribution in [0.15, 0.2) is 0 Å². The fourth-order valence-corrected chi connectivity index (χ4v) is 8.35. The van der Waals surface area contributed by atoms with Crippen molar-refractivity contribution in [3.63, 3.8) is 0 Å². The lowest BCUT2D eigenvalue weighted by molar-refractivity contribution is -0.238. The minimum Gasteiger partial charge on any atom is -0.459 e. The van der Waals surface area contributed by atoms with Crippen LogP contribution in [0.5, 0.6) is 0 Å². The number of carbonyl (C=O) groups is 4. The molecule has 6 rings (SSSR count). The lowest BCUT2D eigenvalue weighted by atomic mass is 9.51. The average Bonchev–Trinajstić information content (AvgIpc) is 3.37. The zero-order chi connectivity index (χ0) is 23.2. The van der Waals surface area contributed by atoms with Crippen LogP contribution in [0.3, 0.4) is 0 Å². The smallest absolute Gasteiger partial charge is 0.350 e. The molecule has 10 heteroatoms. The number of hydrogen-bond acceptors (Lipinski definition) is 10. The number of rotatable bonds is 1. The predicted octanol–water partition coefficient (Wildman–Crippen LogP) is 0.231. The van der Waals surface area contributed by atoms with Crippen LogP contribution in [0.4, 0.5) is 0 Å². The van der Waals surface area contributed by atoms with Gasteiger partial charge >= 0.3 is 23.9 Å². The first-order valence-corrected chi connectivity index (χ1v) is 11.0. The van der Waals surface area contributed by atoms with Crippen molar-refractivity contribution in [1.82, 2.24) is 0 Å². The van der Waals surface area contributed by atoms with E-state index in [9.17, 15) is 24.3 Å². The first-order chi connectivity index (χ1) is 14.8. The van der Waals surface area contributed by atoms with Gasteiger partial charge in [0, 0.05) is 13.3 Å². The van der Waals surface area contributed by atoms with Crippen molar-refractivity contribution in [2.24, 2.45) is 28.1 Å². The lowest BCUT2D eigenvalue weighted by Gasteiger charge is -2.47. The van der Waals surface area contributed by atoms with Gasteiger partial charge in [-0.15, -0.1) is 0 Å². The van der Waals surface area contributed by atoms with Crippen LogP contribution in [-0.4, -0.2) is 64.8 Å². The third-order valence-electron chi connectivity index (χ3n) is 9.22. The maximum atomic E-state index is 13.5. The van der Waals surface area contributed by atoms with Gasteiger partial charge in [0.1, 0.15) is 12.2 Å². The molecule has 4 saturated heterocycles. The molecule has 6 aliphatic rings. The van der Waals surface area contributed by atoms with Crippen molar-refractivity contribution in [3.05, 3.63) is 0 Å². The Morgan fingerprint density at radius 2 is 1.78 bits per heavy atom. The summed E-state index contributed by atoms with van der Waals surface area (Å²) >= 11 is 0. The van der Waals surface area contributed by atoms with Gasteiger partial charge in [-0.3, -0.25) is 9.59 Å². The molecule has 174 valence electrons. The van der Waals surface area contributed by atoms with Gasteiger partial charge in [0.25, 0.3) is 0 Å². The summed E-state index contributed by atoms with van der Waals surface area (Å²) in [5, 5.41) is 12.0. The highest BCUT2D eigenvalue weighted by Gasteiger charge is 3.01. The Hall–Kier alpha value is -2.20. The van der Waals surface area contributed by atoms with Crippen LogP contribution in [0, 0.1) is 28.1 Å². The van der Waals surface area contributed by atoms with Gasteiger partial charge in [0.2, 0.25) is 18.0 Å². The van der Waals surface area contributed by atoms with Crippen molar-refractivity contribution in [3.8, 4) is 0 Å². The van der Waals surface area contributed by atoms with Gasteiger partial charge in [0.05, 0.1) is 16.7 Å². The number of ether oxygens (including phenoxy) is 5. The number of fused-ring (bicyclic) bond motifs is 1. The summed E-state index contributed by atoms with van der Waals surface area (Å²) in [6.45, 7) is 8.66. The molecule has 0 aromatic carbocycles. The van der Waals surface area contributed by atoms with Crippen molar-refractivity contribution >= 4 is 23.9 Å². The molecule has 0 aromatic heterocycles. The van der Waals surface area contributed by atoms with Crippen LogP contribution < -0.4 is 0 Å². The van der Waals surface area contributed by atoms with E-state index in [0.29, 0.717) is 6.42 Å². The molecule has 2 spiro atoms. The first-order valence-electron chi connectivity index (χ1n) is 11.0. The molecule has 2 aliphatic carbocycles. The number of aliphatic hydroxyl groups is 1. The summed E-state index contributed by atoms with van der Waals surface area (Å²) in [5.41, 5.74) is -6.99. The van der Waals surface area contributed by atoms with E-state index in [2.05, 4.69) is 0 Å². The second-order valence-corrected chi connectivity index (χ2v) is 11.2. The molecule has 10 atom stereocenters. The van der Waals surface area contributed by atoms with Crippen LogP contribution in [0.1, 0.15) is 47.5 Å². The maximum absolute atomic E-state index is 13.5. The summed E-state index contributed by atoms with van der Waals surface area (Å²) in [4.78, 5) is 51.0. The largest absolute Gasteiger partial charge is 0.459 e. The minimum atomic E-state index is -2.01. The molecule has 4 aliphatic heterocycles. The third kappa shape index (κ3) is 1.63. The number of hydrogen-bond donors (Lipinski definition) is 1. The van der Waals surface area contributed by atoms with Crippen LogP contribution in [0.25, 0.3) is 0 Å². The fraction of sp³-hybridized carbons (Fsp3) is 0.818. The Bertz CT molecular complexity index is 999. The molecule has 0 amide bonds. The van der Waals surface area contributed by atoms with Crippen molar-refractivity contribution < 1.29 is 48.0 Å². The molecular weight excluding hydrogens is 424 g/mol. The second-order valence-electron chi connectivity index (χ2n) is 11.2. The Morgan fingerprint density at radius 3 is 2.41 bits per heavy atom. The van der Waals surface area contributed by atoms with E-state index < -0.39 is 81.8 Å². The van der Waals surface area contributed by atoms with Crippen molar-refractivity contribution in [2.45, 2.75) is 83.3 Å². The van der Waals surface area contributed by atoms with E-state index in [1.807, 2.05) is 20.8 Å². The monoisotopic (exact) mass is 450 g/mol. The van der Waals surface area contributed by atoms with Crippen LogP contribution in [0.2, 0.25) is 0 Å². The molecule has 10 nitrogen and oxygen atoms in total. The quantitative estimate of drug-likeness (QED) is 0.437. The fourth-order valence-electron chi connectivity index (χ4n) is 8.35. The predicted molar refractivity (Wildman–Crippen MR) is 100 cm³/mol. The number of esters is 4. The summed E-state index contributed by atoms with van der Waals surface area (Å²) < 4.78 is 28.9. The topological polar surface area (TPSA) is 135 Å². The van der Waals surface area contributed by atoms with Crippen molar-refractivity contribution in [2.75, 3.05) is 0 Å². The second kappa shape index (κ2) is 5.30. The molecule has 6 fully saturated rings. The summed E-state index contributed by atoms with van der Waals surface area (Å²) in [5.74, 6) is -4.25. The van der Waals surface area contributed by atoms with Crippen molar-refractivity contribution in [1.29, 1.82) is 0 Å². The van der Waals surface area contributed by atoms with E-state index >= 15 is 0 Å². The highest BCUT2D eigenvalue weighted by molar-refractivity contribution is 5.93. The Labute approximate surface area is 183 Å². The van der Waals surface area contributed by atoms with Gasteiger partial charge in [-0.2, -0.15) is 0 Å². The van der Waals surface area contributed by atoms with Gasteiger partial charge in [-0.05, 0) is 24.7 Å². The molecule has 2 saturated carbocycles. The molecule has 0 bridgehead atoms. The Morgan fingerprint density at radius 1 is 1.09 bits per heavy atom. The van der Waals surface area contributed by atoms with E-state index in [1.54, 1.807) is 0 Å². The molecule has 0 radical (unpaired) electrons. The van der Waals surface area contributed by atoms with Gasteiger partial charge in [-0.25, -0.2) is 9.59 Å². The van der Waals surface area contributed by atoms with E-state index in [0.717, 1.165) is 0 Å². The minimum absolute atomic E-state index is 0.0352. The Balaban J connectivity index is 1.67. The standard InChI is InChI=1S/C22H26O10/c1-8-14(24)29-12-7-19-11-6-10(18(3,4)5)20(19)13(28-9(2)23)15(25)31-17(20)32-22(19,16(26)30-11)21(8,12)27/h8,10-13,17,27H,6-7H2,1-5H3/t8-,10?,11-,12+,13+,17+,19-,20?,21-,22-/m1/s1. The summed E-state index contributed by atoms with van der Waals surface area (Å²) in [6, 6.07) is 0. The zero-order valence-corrected chi connectivity index (χ0v) is 18.5. The summed E-state index contributed by atoms with van der Waals surface area (Å²) in [6.07, 6.45) is -3.93. The molecule has 4 heterocycles. The third-order valence-corrected chi connectivity index (χ3v) is 9.22. The van der Waals surface area contributed by atoms with Gasteiger partial charge < -0.3 is 28.8 Å². The van der Waals surface area contributed by atoms with E-state index in [1.165, 1.54) is 13.8 Å². The SMILES string of the molecule is CC(=O)O[C@H]1C(=O)O[C@H]2O[C@]34C(=O)O[C@@H]5CC(C(C)(C)C)C21[C@@]53C[C@@H]1OC(=O)[C@@H](C)[C@@]14O. The van der Waals surface area contributed by atoms with E-state index in [-0.39, 0.29) is 12.3 Å². The Kier molecular flexibility index (Phi) is 3.38. The van der Waals surface area contributed by atoms with E-state index in [4.69, 9.17) is 23.7 Å². The molecule has 2 unspecified atom stereocenters. The molecule has 1 N–H and O–H groups in total. The molecule has 0 aromatic rings. The zero-order valence-electron chi connectivity index (χ0n) is 18.5. The van der Waals surface area contributed by atoms with Crippen LogP contribution >= 0.6 is 0 Å². The normalized spacial score (nSPS) is 54.5. The van der Waals surface area contributed by atoms with Crippen LogP contribution in [-0.2, 0) is 42.9 Å². The lowest BCUT2D eigenvalue weighted by Crippen LogP contribution is -2.66. The first kappa shape index (κ1) is 20.4. The number of carbonyl (C=O) groups excluding carboxylic acids is 4. The molecular formula is C22H26O10. The summed E-state index contributed by atoms with van der Waals surface area (Å²) in [7, 11) is 0. The maximum Gasteiger partial charge on any atom is 0.350 e.